The van der Waals surface area contributed by atoms with Crippen LogP contribution < -0.4 is 4.72 Å². The van der Waals surface area contributed by atoms with E-state index in [-0.39, 0.29) is 28.5 Å². The van der Waals surface area contributed by atoms with Crippen molar-refractivity contribution in [3.05, 3.63) is 41.2 Å². The van der Waals surface area contributed by atoms with Crippen LogP contribution in [0.25, 0.3) is 0 Å². The molecule has 0 aromatic carbocycles. The highest BCUT2D eigenvalue weighted by molar-refractivity contribution is 7.89. The van der Waals surface area contributed by atoms with Gasteiger partial charge in [-0.1, -0.05) is 0 Å². The number of hydrogen-bond acceptors (Lipinski definition) is 5. The summed E-state index contributed by atoms with van der Waals surface area (Å²) in [6.07, 6.45) is 1.86. The van der Waals surface area contributed by atoms with E-state index in [1.807, 2.05) is 0 Å². The number of aryl methyl sites for hydroxylation is 2. The molecule has 0 atom stereocenters. The lowest BCUT2D eigenvalue weighted by Gasteiger charge is -2.06. The molecule has 2 aromatic heterocycles. The van der Waals surface area contributed by atoms with Crippen LogP contribution in [0.1, 0.15) is 27.6 Å². The highest BCUT2D eigenvalue weighted by Gasteiger charge is 2.30. The van der Waals surface area contributed by atoms with Crippen molar-refractivity contribution in [1.82, 2.24) is 4.72 Å². The Kier molecular flexibility index (Phi) is 4.19. The van der Waals surface area contributed by atoms with Gasteiger partial charge in [-0.05, 0) is 26.0 Å². The zero-order chi connectivity index (χ0) is 15.6. The van der Waals surface area contributed by atoms with Gasteiger partial charge < -0.3 is 13.9 Å². The van der Waals surface area contributed by atoms with E-state index in [0.29, 0.717) is 12.2 Å². The predicted octanol–water partition coefficient (Wildman–Crippen LogP) is 1.71. The van der Waals surface area contributed by atoms with Crippen LogP contribution in [0.3, 0.4) is 0 Å². The standard InChI is InChI=1S/C13H15NO6S/c1-8-11(13(15)16)12(9(2)20-8)21(17,18)14-6-5-10-4-3-7-19-10/h3-4,7,14H,5-6H2,1-2H3,(H,15,16). The summed E-state index contributed by atoms with van der Waals surface area (Å²) in [6.45, 7) is 2.93. The lowest BCUT2D eigenvalue weighted by molar-refractivity contribution is 0.0691. The van der Waals surface area contributed by atoms with E-state index in [2.05, 4.69) is 4.72 Å². The van der Waals surface area contributed by atoms with E-state index in [1.165, 1.54) is 20.1 Å². The summed E-state index contributed by atoms with van der Waals surface area (Å²) < 4.78 is 37.1. The van der Waals surface area contributed by atoms with Gasteiger partial charge >= 0.3 is 5.97 Å². The third-order valence-electron chi connectivity index (χ3n) is 2.93. The fourth-order valence-corrected chi connectivity index (χ4v) is 3.50. The fraction of sp³-hybridized carbons (Fsp3) is 0.308. The van der Waals surface area contributed by atoms with Gasteiger partial charge in [0.2, 0.25) is 10.0 Å². The zero-order valence-electron chi connectivity index (χ0n) is 11.5. The van der Waals surface area contributed by atoms with E-state index < -0.39 is 16.0 Å². The molecule has 0 amide bonds. The monoisotopic (exact) mass is 313 g/mol. The number of rotatable bonds is 6. The molecule has 2 rings (SSSR count). The van der Waals surface area contributed by atoms with Crippen LogP contribution in [0.15, 0.2) is 32.1 Å². The van der Waals surface area contributed by atoms with E-state index >= 15 is 0 Å². The highest BCUT2D eigenvalue weighted by Crippen LogP contribution is 2.26. The van der Waals surface area contributed by atoms with Crippen LogP contribution >= 0.6 is 0 Å². The maximum atomic E-state index is 12.3. The highest BCUT2D eigenvalue weighted by atomic mass is 32.2. The van der Waals surface area contributed by atoms with Gasteiger partial charge in [-0.25, -0.2) is 17.9 Å². The first-order chi connectivity index (χ1) is 9.83. The van der Waals surface area contributed by atoms with Gasteiger partial charge in [-0.15, -0.1) is 0 Å². The van der Waals surface area contributed by atoms with E-state index in [9.17, 15) is 13.2 Å². The normalized spacial score (nSPS) is 11.7. The van der Waals surface area contributed by atoms with Gasteiger partial charge in [-0.3, -0.25) is 0 Å². The molecule has 21 heavy (non-hydrogen) atoms. The predicted molar refractivity (Wildman–Crippen MR) is 72.7 cm³/mol. The number of furan rings is 2. The van der Waals surface area contributed by atoms with Crippen LogP contribution in [-0.2, 0) is 16.4 Å². The van der Waals surface area contributed by atoms with Crippen molar-refractivity contribution in [3.8, 4) is 0 Å². The molecular weight excluding hydrogens is 298 g/mol. The Balaban J connectivity index is 2.21. The van der Waals surface area contributed by atoms with Gasteiger partial charge in [0.1, 0.15) is 27.7 Å². The Morgan fingerprint density at radius 2 is 2.05 bits per heavy atom. The second-order valence-electron chi connectivity index (χ2n) is 4.45. The van der Waals surface area contributed by atoms with Crippen molar-refractivity contribution in [1.29, 1.82) is 0 Å². The number of hydrogen-bond donors (Lipinski definition) is 2. The number of nitrogens with one attached hydrogen (secondary N) is 1. The minimum Gasteiger partial charge on any atom is -0.478 e. The maximum absolute atomic E-state index is 12.3. The van der Waals surface area contributed by atoms with Crippen molar-refractivity contribution >= 4 is 16.0 Å². The molecule has 114 valence electrons. The average Bonchev–Trinajstić information content (AvgIpc) is 2.96. The van der Waals surface area contributed by atoms with Gasteiger partial charge in [0.15, 0.2) is 0 Å². The lowest BCUT2D eigenvalue weighted by Crippen LogP contribution is -2.27. The van der Waals surface area contributed by atoms with Crippen molar-refractivity contribution in [2.75, 3.05) is 6.54 Å². The molecule has 0 aliphatic carbocycles. The third-order valence-corrected chi connectivity index (χ3v) is 4.54. The SMILES string of the molecule is Cc1oc(C)c(S(=O)(=O)NCCc2ccco2)c1C(=O)O. The molecule has 2 N–H and O–H groups in total. The number of aromatic carboxylic acids is 1. The largest absolute Gasteiger partial charge is 0.478 e. The summed E-state index contributed by atoms with van der Waals surface area (Å²) in [6, 6.07) is 3.43. The van der Waals surface area contributed by atoms with Crippen LogP contribution in [0, 0.1) is 13.8 Å². The molecule has 8 heteroatoms. The smallest absolute Gasteiger partial charge is 0.340 e. The topological polar surface area (TPSA) is 110 Å². The van der Waals surface area contributed by atoms with Crippen molar-refractivity contribution in [2.45, 2.75) is 25.2 Å². The van der Waals surface area contributed by atoms with Gasteiger partial charge in [0.25, 0.3) is 0 Å². The summed E-state index contributed by atoms with van der Waals surface area (Å²) in [5, 5.41) is 9.13. The molecule has 0 unspecified atom stereocenters. The average molecular weight is 313 g/mol. The minimum atomic E-state index is -3.97. The summed E-state index contributed by atoms with van der Waals surface area (Å²) in [4.78, 5) is 10.9. The molecule has 0 saturated carbocycles. The Morgan fingerprint density at radius 1 is 1.33 bits per heavy atom. The van der Waals surface area contributed by atoms with Crippen LogP contribution in [0.2, 0.25) is 0 Å². The Labute approximate surface area is 121 Å². The molecule has 0 aliphatic heterocycles. The summed E-state index contributed by atoms with van der Waals surface area (Å²) in [5.41, 5.74) is -0.335. The molecule has 2 heterocycles. The fourth-order valence-electron chi connectivity index (χ4n) is 2.07. The summed E-state index contributed by atoms with van der Waals surface area (Å²) in [7, 11) is -3.97. The van der Waals surface area contributed by atoms with E-state index in [1.54, 1.807) is 12.1 Å². The van der Waals surface area contributed by atoms with Gasteiger partial charge in [0.05, 0.1) is 6.26 Å². The molecule has 0 aliphatic rings. The van der Waals surface area contributed by atoms with E-state index in [0.717, 1.165) is 0 Å². The molecule has 0 saturated heterocycles. The molecule has 0 spiro atoms. The number of carbonyl (C=O) groups is 1. The van der Waals surface area contributed by atoms with E-state index in [4.69, 9.17) is 13.9 Å². The first kappa shape index (κ1) is 15.3. The van der Waals surface area contributed by atoms with Crippen molar-refractivity contribution in [3.63, 3.8) is 0 Å². The first-order valence-electron chi connectivity index (χ1n) is 6.18. The molecule has 0 fully saturated rings. The van der Waals surface area contributed by atoms with Gasteiger partial charge in [-0.2, -0.15) is 0 Å². The molecular formula is C13H15NO6S. The molecule has 0 bridgehead atoms. The number of carboxylic acids is 1. The lowest BCUT2D eigenvalue weighted by atomic mass is 10.2. The van der Waals surface area contributed by atoms with Crippen LogP contribution in [0.4, 0.5) is 0 Å². The Morgan fingerprint density at radius 3 is 2.62 bits per heavy atom. The zero-order valence-corrected chi connectivity index (χ0v) is 12.4. The Bertz CT molecular complexity index is 742. The molecule has 7 nitrogen and oxygen atoms in total. The quantitative estimate of drug-likeness (QED) is 0.840. The molecule has 2 aromatic rings. The second kappa shape index (κ2) is 5.74. The number of sulfonamides is 1. The Hall–Kier alpha value is -2.06. The maximum Gasteiger partial charge on any atom is 0.340 e. The summed E-state index contributed by atoms with van der Waals surface area (Å²) >= 11 is 0. The minimum absolute atomic E-state index is 0.0513. The third kappa shape index (κ3) is 3.17. The summed E-state index contributed by atoms with van der Waals surface area (Å²) in [5.74, 6) is -0.589. The van der Waals surface area contributed by atoms with Crippen LogP contribution in [0.5, 0.6) is 0 Å². The number of carboxylic acid groups (broad SMARTS) is 1. The van der Waals surface area contributed by atoms with Crippen molar-refractivity contribution in [2.24, 2.45) is 0 Å². The second-order valence-corrected chi connectivity index (χ2v) is 6.15. The van der Waals surface area contributed by atoms with Gasteiger partial charge in [0, 0.05) is 13.0 Å². The molecule has 0 radical (unpaired) electrons. The first-order valence-corrected chi connectivity index (χ1v) is 7.66. The van der Waals surface area contributed by atoms with Crippen LogP contribution in [-0.4, -0.2) is 26.0 Å². The van der Waals surface area contributed by atoms with Crippen molar-refractivity contribution < 1.29 is 27.2 Å².